The first-order chi connectivity index (χ1) is 14.7. The van der Waals surface area contributed by atoms with Crippen molar-refractivity contribution in [2.45, 2.75) is 70.3 Å². The van der Waals surface area contributed by atoms with Crippen molar-refractivity contribution in [3.05, 3.63) is 41.8 Å². The van der Waals surface area contributed by atoms with Gasteiger partial charge in [-0.05, 0) is 24.5 Å². The first kappa shape index (κ1) is 21.9. The number of hydroxylamine groups is 1. The van der Waals surface area contributed by atoms with Crippen LogP contribution < -0.4 is 10.8 Å². The van der Waals surface area contributed by atoms with Gasteiger partial charge in [0.1, 0.15) is 5.69 Å². The third-order valence-electron chi connectivity index (χ3n) is 5.58. The molecular weight excluding hydrogens is 386 g/mol. The third kappa shape index (κ3) is 6.62. The fourth-order valence-corrected chi connectivity index (χ4v) is 3.96. The molecular formula is C21H29N5O4. The van der Waals surface area contributed by atoms with Crippen LogP contribution in [0.25, 0.3) is 0 Å². The molecule has 1 aliphatic rings. The van der Waals surface area contributed by atoms with Crippen LogP contribution >= 0.6 is 0 Å². The Bertz CT molecular complexity index is 805. The Hall–Kier alpha value is -2.81. The summed E-state index contributed by atoms with van der Waals surface area (Å²) in [4.78, 5) is 32.2. The Morgan fingerprint density at radius 3 is 2.80 bits per heavy atom. The molecule has 0 saturated heterocycles. The van der Waals surface area contributed by atoms with Gasteiger partial charge in [0.15, 0.2) is 5.82 Å². The zero-order valence-corrected chi connectivity index (χ0v) is 17.0. The molecule has 2 amide bonds. The molecule has 3 N–H and O–H groups in total. The Morgan fingerprint density at radius 2 is 2.07 bits per heavy atom. The Morgan fingerprint density at radius 1 is 1.23 bits per heavy atom. The molecule has 2 aromatic heterocycles. The molecule has 30 heavy (non-hydrogen) atoms. The van der Waals surface area contributed by atoms with Gasteiger partial charge in [-0.3, -0.25) is 19.8 Å². The highest BCUT2D eigenvalue weighted by Crippen LogP contribution is 2.31. The maximum absolute atomic E-state index is 12.1. The maximum atomic E-state index is 12.1. The van der Waals surface area contributed by atoms with Gasteiger partial charge in [-0.2, -0.15) is 4.98 Å². The van der Waals surface area contributed by atoms with E-state index >= 15 is 0 Å². The predicted octanol–water partition coefficient (Wildman–Crippen LogP) is 3.12. The second kappa shape index (κ2) is 11.4. The van der Waals surface area contributed by atoms with Gasteiger partial charge in [0, 0.05) is 18.5 Å². The van der Waals surface area contributed by atoms with Crippen LogP contribution in [0.15, 0.2) is 28.9 Å². The molecule has 1 saturated carbocycles. The molecule has 1 atom stereocenters. The maximum Gasteiger partial charge on any atom is 0.270 e. The average molecular weight is 415 g/mol. The molecule has 9 nitrogen and oxygen atoms in total. The fourth-order valence-electron chi connectivity index (χ4n) is 3.96. The van der Waals surface area contributed by atoms with E-state index in [1.807, 2.05) is 0 Å². The summed E-state index contributed by atoms with van der Waals surface area (Å²) >= 11 is 0. The van der Waals surface area contributed by atoms with Crippen LogP contribution in [0.1, 0.15) is 85.9 Å². The zero-order chi connectivity index (χ0) is 21.2. The van der Waals surface area contributed by atoms with E-state index in [0.29, 0.717) is 17.4 Å². The number of hydrogen-bond donors (Lipinski definition) is 3. The Kier molecular flexibility index (Phi) is 8.31. The molecule has 2 heterocycles. The summed E-state index contributed by atoms with van der Waals surface area (Å²) in [6, 6.07) is 5.09. The molecule has 0 radical (unpaired) electrons. The lowest BCUT2D eigenvalue weighted by Gasteiger charge is -2.22. The molecule has 162 valence electrons. The normalized spacial score (nSPS) is 15.5. The van der Waals surface area contributed by atoms with Gasteiger partial charge in [0.25, 0.3) is 5.91 Å². The fraction of sp³-hybridized carbons (Fsp3) is 0.571. The van der Waals surface area contributed by atoms with Crippen LogP contribution in [-0.4, -0.2) is 32.1 Å². The lowest BCUT2D eigenvalue weighted by Crippen LogP contribution is -2.24. The van der Waals surface area contributed by atoms with Crippen molar-refractivity contribution in [2.75, 3.05) is 0 Å². The largest absolute Gasteiger partial charge is 0.343 e. The summed E-state index contributed by atoms with van der Waals surface area (Å²) in [5.41, 5.74) is 1.98. The Balaban J connectivity index is 1.54. The molecule has 1 fully saturated rings. The number of aromatic nitrogens is 3. The first-order valence-corrected chi connectivity index (χ1v) is 10.6. The minimum atomic E-state index is -0.485. The number of nitrogens with zero attached hydrogens (tertiary/aromatic N) is 3. The number of rotatable bonds is 10. The van der Waals surface area contributed by atoms with Crippen LogP contribution in [-0.2, 0) is 11.3 Å². The zero-order valence-electron chi connectivity index (χ0n) is 17.0. The van der Waals surface area contributed by atoms with Crippen molar-refractivity contribution in [3.63, 3.8) is 0 Å². The molecule has 0 aromatic carbocycles. The highest BCUT2D eigenvalue weighted by atomic mass is 16.5. The molecule has 0 unspecified atom stereocenters. The van der Waals surface area contributed by atoms with E-state index in [1.54, 1.807) is 29.9 Å². The van der Waals surface area contributed by atoms with Gasteiger partial charge in [0.2, 0.25) is 11.8 Å². The lowest BCUT2D eigenvalue weighted by atomic mass is 9.84. The average Bonchev–Trinajstić information content (AvgIpc) is 3.27. The molecule has 0 aliphatic heterocycles. The van der Waals surface area contributed by atoms with Gasteiger partial charge >= 0.3 is 0 Å². The second-order valence-corrected chi connectivity index (χ2v) is 7.82. The van der Waals surface area contributed by atoms with Gasteiger partial charge in [0.05, 0.1) is 6.54 Å². The van der Waals surface area contributed by atoms with Crippen LogP contribution in [0.4, 0.5) is 0 Å². The molecule has 0 spiro atoms. The van der Waals surface area contributed by atoms with Crippen LogP contribution in [0.2, 0.25) is 0 Å². The molecule has 0 bridgehead atoms. The number of carbonyl (C=O) groups excluding carboxylic acids is 2. The summed E-state index contributed by atoms with van der Waals surface area (Å²) in [6.45, 7) is 0.0971. The first-order valence-electron chi connectivity index (χ1n) is 10.6. The minimum absolute atomic E-state index is 0.0725. The van der Waals surface area contributed by atoms with E-state index in [2.05, 4.69) is 20.4 Å². The molecule has 9 heteroatoms. The van der Waals surface area contributed by atoms with E-state index in [1.165, 1.54) is 32.1 Å². The van der Waals surface area contributed by atoms with Crippen LogP contribution in [0.3, 0.4) is 0 Å². The van der Waals surface area contributed by atoms with E-state index in [4.69, 9.17) is 9.73 Å². The number of amides is 2. The van der Waals surface area contributed by atoms with Crippen molar-refractivity contribution < 1.29 is 19.3 Å². The minimum Gasteiger partial charge on any atom is -0.343 e. The SMILES string of the molecule is O=C(C[C@@H](CCCC1CCCCC1)c1nc(CNC(=O)c2ccccn2)no1)NO. The lowest BCUT2D eigenvalue weighted by molar-refractivity contribution is -0.129. The van der Waals surface area contributed by atoms with Crippen molar-refractivity contribution >= 4 is 11.8 Å². The quantitative estimate of drug-likeness (QED) is 0.401. The van der Waals surface area contributed by atoms with E-state index in [9.17, 15) is 9.59 Å². The van der Waals surface area contributed by atoms with E-state index in [0.717, 1.165) is 25.2 Å². The topological polar surface area (TPSA) is 130 Å². The molecule has 3 rings (SSSR count). The van der Waals surface area contributed by atoms with Crippen LogP contribution in [0.5, 0.6) is 0 Å². The van der Waals surface area contributed by atoms with E-state index < -0.39 is 5.91 Å². The van der Waals surface area contributed by atoms with Crippen molar-refractivity contribution in [1.29, 1.82) is 0 Å². The summed E-state index contributed by atoms with van der Waals surface area (Å²) < 4.78 is 5.36. The predicted molar refractivity (Wildman–Crippen MR) is 107 cm³/mol. The molecule has 1 aliphatic carbocycles. The Labute approximate surface area is 175 Å². The van der Waals surface area contributed by atoms with Gasteiger partial charge in [-0.15, -0.1) is 0 Å². The van der Waals surface area contributed by atoms with Gasteiger partial charge in [-0.1, -0.05) is 56.2 Å². The number of carbonyl (C=O) groups is 2. The smallest absolute Gasteiger partial charge is 0.270 e. The van der Waals surface area contributed by atoms with Gasteiger partial charge in [-0.25, -0.2) is 5.48 Å². The van der Waals surface area contributed by atoms with Crippen molar-refractivity contribution in [2.24, 2.45) is 5.92 Å². The van der Waals surface area contributed by atoms with E-state index in [-0.39, 0.29) is 24.8 Å². The summed E-state index contributed by atoms with van der Waals surface area (Å²) in [5, 5.41) is 15.5. The van der Waals surface area contributed by atoms with Crippen molar-refractivity contribution in [1.82, 2.24) is 25.9 Å². The van der Waals surface area contributed by atoms with Gasteiger partial charge < -0.3 is 9.84 Å². The summed E-state index contributed by atoms with van der Waals surface area (Å²) in [6.07, 6.45) is 10.9. The standard InChI is InChI=1S/C21H29N5O4/c27-19(25-29)13-16(10-6-9-15-7-2-1-3-8-15)21-24-18(26-30-21)14-23-20(28)17-11-4-5-12-22-17/h4-5,11-12,15-16,29H,1-3,6-10,13-14H2,(H,23,28)(H,25,27)/t16-/m1/s1. The number of hydrogen-bond acceptors (Lipinski definition) is 7. The second-order valence-electron chi connectivity index (χ2n) is 7.82. The number of pyridine rings is 1. The van der Waals surface area contributed by atoms with Crippen molar-refractivity contribution in [3.8, 4) is 0 Å². The highest BCUT2D eigenvalue weighted by Gasteiger charge is 2.23. The monoisotopic (exact) mass is 415 g/mol. The highest BCUT2D eigenvalue weighted by molar-refractivity contribution is 5.92. The van der Waals surface area contributed by atoms with Crippen LogP contribution in [0, 0.1) is 5.92 Å². The number of nitrogens with one attached hydrogen (secondary N) is 2. The third-order valence-corrected chi connectivity index (χ3v) is 5.58. The molecule has 2 aromatic rings. The summed E-state index contributed by atoms with van der Waals surface area (Å²) in [7, 11) is 0. The summed E-state index contributed by atoms with van der Waals surface area (Å²) in [5.74, 6) is 0.353.